The molecule has 138 valence electrons. The molecule has 1 aliphatic rings. The van der Waals surface area contributed by atoms with Gasteiger partial charge in [-0.1, -0.05) is 24.3 Å². The van der Waals surface area contributed by atoms with Crippen molar-refractivity contribution < 1.29 is 9.18 Å². The number of piperazine rings is 1. The van der Waals surface area contributed by atoms with Crippen LogP contribution >= 0.6 is 0 Å². The lowest BCUT2D eigenvalue weighted by molar-refractivity contribution is -0.118. The fourth-order valence-electron chi connectivity index (χ4n) is 3.04. The van der Waals surface area contributed by atoms with Crippen molar-refractivity contribution in [3.8, 4) is 0 Å². The Balaban J connectivity index is 1.46. The van der Waals surface area contributed by atoms with E-state index in [1.54, 1.807) is 0 Å². The van der Waals surface area contributed by atoms with Crippen LogP contribution in [0.4, 0.5) is 10.3 Å². The molecule has 0 bridgehead atoms. The molecule has 0 atom stereocenters. The smallest absolute Gasteiger partial charge is 0.228 e. The molecule has 1 N–H and O–H groups in total. The van der Waals surface area contributed by atoms with Gasteiger partial charge in [0.05, 0.1) is 0 Å². The Morgan fingerprint density at radius 2 is 1.81 bits per heavy atom. The highest BCUT2D eigenvalue weighted by atomic mass is 19.1. The van der Waals surface area contributed by atoms with Gasteiger partial charge in [0.1, 0.15) is 0 Å². The monoisotopic (exact) mass is 357 g/mol. The normalized spacial score (nSPS) is 15.1. The molecule has 7 heteroatoms. The van der Waals surface area contributed by atoms with Crippen molar-refractivity contribution in [3.63, 3.8) is 0 Å². The number of nitrogens with zero attached hydrogens (tertiary/aromatic N) is 4. The maximum atomic E-state index is 13.2. The van der Waals surface area contributed by atoms with Gasteiger partial charge in [-0.15, -0.1) is 0 Å². The maximum absolute atomic E-state index is 13.2. The summed E-state index contributed by atoms with van der Waals surface area (Å²) in [5.41, 5.74) is 2.49. The van der Waals surface area contributed by atoms with Gasteiger partial charge in [0.25, 0.3) is 0 Å². The lowest BCUT2D eigenvalue weighted by Crippen LogP contribution is -2.46. The summed E-state index contributed by atoms with van der Waals surface area (Å²) in [7, 11) is 0. The number of aromatic nitrogens is 2. The van der Waals surface area contributed by atoms with E-state index in [-0.39, 0.29) is 5.91 Å². The lowest BCUT2D eigenvalue weighted by Gasteiger charge is -2.34. The van der Waals surface area contributed by atoms with Crippen LogP contribution in [0.25, 0.3) is 0 Å². The third-order valence-corrected chi connectivity index (χ3v) is 4.48. The summed E-state index contributed by atoms with van der Waals surface area (Å²) in [6.45, 7) is 6.46. The number of amides is 1. The minimum Gasteiger partial charge on any atom is -0.356 e. The second-order valence-corrected chi connectivity index (χ2v) is 6.49. The van der Waals surface area contributed by atoms with E-state index in [2.05, 4.69) is 44.5 Å². The highest BCUT2D eigenvalue weighted by Gasteiger charge is 2.19. The second-order valence-electron chi connectivity index (χ2n) is 6.49. The largest absolute Gasteiger partial charge is 0.356 e. The molecule has 3 rings (SSSR count). The zero-order valence-electron chi connectivity index (χ0n) is 15.0. The average Bonchev–Trinajstić information content (AvgIpc) is 2.63. The molecule has 1 aliphatic heterocycles. The first kappa shape index (κ1) is 18.3. The van der Waals surface area contributed by atoms with Crippen LogP contribution in [0, 0.1) is 5.95 Å². The fraction of sp³-hybridized carbons (Fsp3) is 0.421. The Kier molecular flexibility index (Phi) is 6.12. The van der Waals surface area contributed by atoms with E-state index >= 15 is 0 Å². The minimum atomic E-state index is -0.490. The van der Waals surface area contributed by atoms with Gasteiger partial charge in [0.15, 0.2) is 0 Å². The van der Waals surface area contributed by atoms with Crippen molar-refractivity contribution in [1.82, 2.24) is 20.2 Å². The van der Waals surface area contributed by atoms with Crippen LogP contribution in [0.2, 0.25) is 0 Å². The molecule has 2 heterocycles. The average molecular weight is 357 g/mol. The van der Waals surface area contributed by atoms with Crippen molar-refractivity contribution in [3.05, 3.63) is 53.6 Å². The number of benzene rings is 1. The number of carbonyl (C=O) groups is 1. The number of halogens is 1. The van der Waals surface area contributed by atoms with Crippen LogP contribution in [0.3, 0.4) is 0 Å². The molecule has 1 saturated heterocycles. The molecule has 1 aromatic heterocycles. The van der Waals surface area contributed by atoms with Crippen LogP contribution in [-0.4, -0.2) is 53.5 Å². The molecular formula is C19H24FN5O. The quantitative estimate of drug-likeness (QED) is 0.796. The Morgan fingerprint density at radius 1 is 1.12 bits per heavy atom. The van der Waals surface area contributed by atoms with Gasteiger partial charge >= 0.3 is 0 Å². The van der Waals surface area contributed by atoms with Gasteiger partial charge < -0.3 is 10.2 Å². The molecule has 1 fully saturated rings. The first-order chi connectivity index (χ1) is 12.6. The van der Waals surface area contributed by atoms with Crippen molar-refractivity contribution in [1.29, 1.82) is 0 Å². The molecular weight excluding hydrogens is 333 g/mol. The summed E-state index contributed by atoms with van der Waals surface area (Å²) in [5.74, 6) is -0.0198. The summed E-state index contributed by atoms with van der Waals surface area (Å²) in [6.07, 6.45) is 2.30. The van der Waals surface area contributed by atoms with Crippen LogP contribution in [-0.2, 0) is 17.8 Å². The van der Waals surface area contributed by atoms with Gasteiger partial charge in [0.2, 0.25) is 17.8 Å². The Bertz CT molecular complexity index is 729. The van der Waals surface area contributed by atoms with Gasteiger partial charge in [-0.3, -0.25) is 9.69 Å². The third-order valence-electron chi connectivity index (χ3n) is 4.48. The van der Waals surface area contributed by atoms with Crippen LogP contribution in [0.5, 0.6) is 0 Å². The summed E-state index contributed by atoms with van der Waals surface area (Å²) in [4.78, 5) is 23.3. The SMILES string of the molecule is CC(=O)NCCc1ccc(CN2CCN(c3nccc(F)n3)CC2)cc1. The molecule has 1 aromatic carbocycles. The van der Waals surface area contributed by atoms with E-state index in [9.17, 15) is 9.18 Å². The highest BCUT2D eigenvalue weighted by Crippen LogP contribution is 2.14. The standard InChI is InChI=1S/C19H24FN5O/c1-15(26)21-8-6-16-2-4-17(5-3-16)14-24-10-12-25(13-11-24)19-22-9-7-18(20)23-19/h2-5,7,9H,6,8,10-14H2,1H3,(H,21,26). The van der Waals surface area contributed by atoms with Crippen molar-refractivity contribution in [2.45, 2.75) is 19.9 Å². The van der Waals surface area contributed by atoms with Gasteiger partial charge in [-0.05, 0) is 17.5 Å². The molecule has 0 aliphatic carbocycles. The molecule has 26 heavy (non-hydrogen) atoms. The number of rotatable bonds is 6. The first-order valence-corrected chi connectivity index (χ1v) is 8.88. The number of hydrogen-bond acceptors (Lipinski definition) is 5. The number of carbonyl (C=O) groups excluding carboxylic acids is 1. The molecule has 0 radical (unpaired) electrons. The minimum absolute atomic E-state index is 0.00408. The van der Waals surface area contributed by atoms with Crippen LogP contribution in [0.1, 0.15) is 18.1 Å². The maximum Gasteiger partial charge on any atom is 0.228 e. The topological polar surface area (TPSA) is 61.4 Å². The van der Waals surface area contributed by atoms with E-state index in [1.807, 2.05) is 4.90 Å². The van der Waals surface area contributed by atoms with E-state index in [0.717, 1.165) is 39.1 Å². The summed E-state index contributed by atoms with van der Waals surface area (Å²) in [6, 6.07) is 9.79. The van der Waals surface area contributed by atoms with E-state index in [1.165, 1.54) is 30.3 Å². The number of anilines is 1. The number of hydrogen-bond donors (Lipinski definition) is 1. The molecule has 0 saturated carbocycles. The van der Waals surface area contributed by atoms with Crippen molar-refractivity contribution in [2.24, 2.45) is 0 Å². The molecule has 2 aromatic rings. The molecule has 0 unspecified atom stereocenters. The summed E-state index contributed by atoms with van der Waals surface area (Å²) in [5, 5.41) is 2.81. The fourth-order valence-corrected chi connectivity index (χ4v) is 3.04. The van der Waals surface area contributed by atoms with Crippen molar-refractivity contribution >= 4 is 11.9 Å². The van der Waals surface area contributed by atoms with E-state index in [4.69, 9.17) is 0 Å². The van der Waals surface area contributed by atoms with Crippen molar-refractivity contribution in [2.75, 3.05) is 37.6 Å². The molecule has 0 spiro atoms. The van der Waals surface area contributed by atoms with Gasteiger partial charge in [-0.25, -0.2) is 4.98 Å². The van der Waals surface area contributed by atoms with Crippen LogP contribution < -0.4 is 10.2 Å². The Hall–Kier alpha value is -2.54. The Labute approximate surface area is 153 Å². The highest BCUT2D eigenvalue weighted by molar-refractivity contribution is 5.72. The summed E-state index contributed by atoms with van der Waals surface area (Å²) >= 11 is 0. The number of nitrogens with one attached hydrogen (secondary N) is 1. The zero-order chi connectivity index (χ0) is 18.4. The zero-order valence-corrected chi connectivity index (χ0v) is 15.0. The predicted molar refractivity (Wildman–Crippen MR) is 98.3 cm³/mol. The molecule has 1 amide bonds. The lowest BCUT2D eigenvalue weighted by atomic mass is 10.1. The predicted octanol–water partition coefficient (Wildman–Crippen LogP) is 1.62. The van der Waals surface area contributed by atoms with Gasteiger partial charge in [0, 0.05) is 58.5 Å². The van der Waals surface area contributed by atoms with Crippen LogP contribution in [0.15, 0.2) is 36.5 Å². The summed E-state index contributed by atoms with van der Waals surface area (Å²) < 4.78 is 13.2. The Morgan fingerprint density at radius 3 is 2.46 bits per heavy atom. The molecule has 6 nitrogen and oxygen atoms in total. The third kappa shape index (κ3) is 5.23. The van der Waals surface area contributed by atoms with E-state index < -0.39 is 5.95 Å². The second kappa shape index (κ2) is 8.71. The van der Waals surface area contributed by atoms with Gasteiger partial charge in [-0.2, -0.15) is 9.37 Å². The van der Waals surface area contributed by atoms with E-state index in [0.29, 0.717) is 12.5 Å². The first-order valence-electron chi connectivity index (χ1n) is 8.88.